The number of pyridine rings is 1. The molecule has 5 nitrogen and oxygen atoms in total. The summed E-state index contributed by atoms with van der Waals surface area (Å²) in [5, 5.41) is 5.64. The Bertz CT molecular complexity index is 587. The summed E-state index contributed by atoms with van der Waals surface area (Å²) in [6.45, 7) is 1.96. The van der Waals surface area contributed by atoms with Gasteiger partial charge in [-0.25, -0.2) is 4.79 Å². The van der Waals surface area contributed by atoms with Gasteiger partial charge in [0.2, 0.25) is 0 Å². The first kappa shape index (κ1) is 14.8. The molecule has 1 aromatic heterocycles. The van der Waals surface area contributed by atoms with Crippen LogP contribution in [-0.4, -0.2) is 24.2 Å². The Hall–Kier alpha value is -2.56. The zero-order valence-electron chi connectivity index (χ0n) is 12.2. The summed E-state index contributed by atoms with van der Waals surface area (Å²) in [7, 11) is 1.64. The van der Waals surface area contributed by atoms with E-state index in [2.05, 4.69) is 15.6 Å². The van der Waals surface area contributed by atoms with Gasteiger partial charge in [0.05, 0.1) is 19.0 Å². The predicted molar refractivity (Wildman–Crippen MR) is 82.6 cm³/mol. The molecule has 2 aromatic rings. The highest BCUT2D eigenvalue weighted by molar-refractivity contribution is 5.89. The van der Waals surface area contributed by atoms with Gasteiger partial charge in [-0.05, 0) is 43.2 Å². The van der Waals surface area contributed by atoms with Crippen LogP contribution in [0.15, 0.2) is 48.8 Å². The number of amides is 2. The normalized spacial score (nSPS) is 11.5. The van der Waals surface area contributed by atoms with Crippen LogP contribution in [0.5, 0.6) is 5.75 Å². The largest absolute Gasteiger partial charge is 0.497 e. The summed E-state index contributed by atoms with van der Waals surface area (Å²) in [5.74, 6) is 0.819. The molecule has 0 aliphatic rings. The van der Waals surface area contributed by atoms with Crippen molar-refractivity contribution in [2.45, 2.75) is 19.4 Å². The van der Waals surface area contributed by atoms with Crippen molar-refractivity contribution in [3.05, 3.63) is 54.4 Å². The van der Waals surface area contributed by atoms with E-state index in [-0.39, 0.29) is 12.1 Å². The molecule has 2 rings (SSSR count). The predicted octanol–water partition coefficient (Wildman–Crippen LogP) is 2.84. The summed E-state index contributed by atoms with van der Waals surface area (Å²) in [4.78, 5) is 15.8. The number of ether oxygens (including phenoxy) is 1. The number of nitrogens with zero attached hydrogens (tertiary/aromatic N) is 1. The van der Waals surface area contributed by atoms with Gasteiger partial charge >= 0.3 is 6.03 Å². The van der Waals surface area contributed by atoms with Gasteiger partial charge in [-0.2, -0.15) is 0 Å². The first-order valence-corrected chi connectivity index (χ1v) is 6.78. The fourth-order valence-corrected chi connectivity index (χ4v) is 2.03. The van der Waals surface area contributed by atoms with Crippen LogP contribution < -0.4 is 15.4 Å². The summed E-state index contributed by atoms with van der Waals surface area (Å²) in [6, 6.07) is 11.2. The lowest BCUT2D eigenvalue weighted by Gasteiger charge is -2.15. The molecule has 110 valence electrons. The Labute approximate surface area is 124 Å². The van der Waals surface area contributed by atoms with E-state index >= 15 is 0 Å². The number of urea groups is 1. The van der Waals surface area contributed by atoms with E-state index in [0.717, 1.165) is 17.7 Å². The van der Waals surface area contributed by atoms with Crippen molar-refractivity contribution in [1.82, 2.24) is 10.3 Å². The van der Waals surface area contributed by atoms with E-state index in [1.807, 2.05) is 31.2 Å². The summed E-state index contributed by atoms with van der Waals surface area (Å²) >= 11 is 0. The third-order valence-electron chi connectivity index (χ3n) is 2.97. The number of aromatic nitrogens is 1. The van der Waals surface area contributed by atoms with Crippen molar-refractivity contribution >= 4 is 11.7 Å². The number of benzene rings is 1. The van der Waals surface area contributed by atoms with Crippen LogP contribution in [0.25, 0.3) is 0 Å². The number of methoxy groups -OCH3 is 1. The van der Waals surface area contributed by atoms with Gasteiger partial charge in [0.25, 0.3) is 0 Å². The number of anilines is 1. The molecule has 0 aliphatic heterocycles. The zero-order chi connectivity index (χ0) is 15.1. The van der Waals surface area contributed by atoms with Gasteiger partial charge in [0, 0.05) is 12.2 Å². The first-order valence-electron chi connectivity index (χ1n) is 6.78. The van der Waals surface area contributed by atoms with Crippen molar-refractivity contribution in [2.75, 3.05) is 12.4 Å². The number of hydrogen-bond donors (Lipinski definition) is 2. The highest BCUT2D eigenvalue weighted by atomic mass is 16.5. The highest BCUT2D eigenvalue weighted by Gasteiger charge is 2.08. The lowest BCUT2D eigenvalue weighted by molar-refractivity contribution is 0.249. The third-order valence-corrected chi connectivity index (χ3v) is 2.97. The minimum absolute atomic E-state index is 0.00813. The van der Waals surface area contributed by atoms with Crippen molar-refractivity contribution < 1.29 is 9.53 Å². The molecule has 0 radical (unpaired) electrons. The second-order valence-electron chi connectivity index (χ2n) is 4.80. The molecular weight excluding hydrogens is 266 g/mol. The maximum Gasteiger partial charge on any atom is 0.319 e. The SMILES string of the molecule is COc1cccc(C[C@H](C)NC(=O)Nc2cccnc2)c1. The van der Waals surface area contributed by atoms with E-state index in [9.17, 15) is 4.79 Å². The van der Waals surface area contributed by atoms with E-state index in [0.29, 0.717) is 5.69 Å². The summed E-state index contributed by atoms with van der Waals surface area (Å²) in [5.41, 5.74) is 1.78. The fourth-order valence-electron chi connectivity index (χ4n) is 2.03. The molecule has 0 saturated heterocycles. The summed E-state index contributed by atoms with van der Waals surface area (Å²) in [6.07, 6.45) is 4.00. The Morgan fingerprint density at radius 3 is 2.90 bits per heavy atom. The monoisotopic (exact) mass is 285 g/mol. The topological polar surface area (TPSA) is 63.2 Å². The lowest BCUT2D eigenvalue weighted by Crippen LogP contribution is -2.37. The van der Waals surface area contributed by atoms with E-state index in [1.54, 1.807) is 31.6 Å². The van der Waals surface area contributed by atoms with Crippen molar-refractivity contribution in [3.63, 3.8) is 0 Å². The number of nitrogens with one attached hydrogen (secondary N) is 2. The first-order chi connectivity index (χ1) is 10.2. The smallest absolute Gasteiger partial charge is 0.319 e. The average Bonchev–Trinajstić information content (AvgIpc) is 2.48. The van der Waals surface area contributed by atoms with Gasteiger partial charge in [-0.1, -0.05) is 12.1 Å². The molecule has 2 amide bonds. The Kier molecular flexibility index (Phi) is 5.15. The maximum atomic E-state index is 11.9. The molecule has 0 bridgehead atoms. The van der Waals surface area contributed by atoms with E-state index in [4.69, 9.17) is 4.74 Å². The Morgan fingerprint density at radius 1 is 1.33 bits per heavy atom. The molecule has 0 unspecified atom stereocenters. The maximum absolute atomic E-state index is 11.9. The highest BCUT2D eigenvalue weighted by Crippen LogP contribution is 2.14. The zero-order valence-corrected chi connectivity index (χ0v) is 12.2. The lowest BCUT2D eigenvalue weighted by atomic mass is 10.1. The van der Waals surface area contributed by atoms with E-state index in [1.165, 1.54) is 0 Å². The summed E-state index contributed by atoms with van der Waals surface area (Å²) < 4.78 is 5.19. The van der Waals surface area contributed by atoms with E-state index < -0.39 is 0 Å². The van der Waals surface area contributed by atoms with Gasteiger partial charge in [0.1, 0.15) is 5.75 Å². The number of carbonyl (C=O) groups excluding carboxylic acids is 1. The van der Waals surface area contributed by atoms with Gasteiger partial charge < -0.3 is 15.4 Å². The number of carbonyl (C=O) groups is 1. The second kappa shape index (κ2) is 7.28. The fraction of sp³-hybridized carbons (Fsp3) is 0.250. The molecule has 0 fully saturated rings. The second-order valence-corrected chi connectivity index (χ2v) is 4.80. The molecule has 2 N–H and O–H groups in total. The van der Waals surface area contributed by atoms with Gasteiger partial charge in [0.15, 0.2) is 0 Å². The Balaban J connectivity index is 1.86. The molecular formula is C16H19N3O2. The molecule has 0 aliphatic carbocycles. The minimum Gasteiger partial charge on any atom is -0.497 e. The van der Waals surface area contributed by atoms with Crippen LogP contribution in [0.3, 0.4) is 0 Å². The standard InChI is InChI=1S/C16H19N3O2/c1-12(9-13-5-3-7-15(10-13)21-2)18-16(20)19-14-6-4-8-17-11-14/h3-8,10-12H,9H2,1-2H3,(H2,18,19,20)/t12-/m0/s1. The average molecular weight is 285 g/mol. The van der Waals surface area contributed by atoms with Crippen LogP contribution in [0.1, 0.15) is 12.5 Å². The van der Waals surface area contributed by atoms with Crippen molar-refractivity contribution in [2.24, 2.45) is 0 Å². The van der Waals surface area contributed by atoms with Crippen LogP contribution in [-0.2, 0) is 6.42 Å². The third kappa shape index (κ3) is 4.80. The van der Waals surface area contributed by atoms with Gasteiger partial charge in [-0.3, -0.25) is 4.98 Å². The molecule has 1 atom stereocenters. The number of rotatable bonds is 5. The molecule has 21 heavy (non-hydrogen) atoms. The van der Waals surface area contributed by atoms with Crippen LogP contribution in [0.2, 0.25) is 0 Å². The molecule has 0 saturated carbocycles. The molecule has 5 heteroatoms. The van der Waals surface area contributed by atoms with Gasteiger partial charge in [-0.15, -0.1) is 0 Å². The molecule has 1 aromatic carbocycles. The molecule has 0 spiro atoms. The minimum atomic E-state index is -0.238. The number of hydrogen-bond acceptors (Lipinski definition) is 3. The Morgan fingerprint density at radius 2 is 2.19 bits per heavy atom. The molecule has 1 heterocycles. The van der Waals surface area contributed by atoms with Crippen molar-refractivity contribution in [1.29, 1.82) is 0 Å². The van der Waals surface area contributed by atoms with Crippen LogP contribution in [0, 0.1) is 0 Å². The van der Waals surface area contributed by atoms with Crippen molar-refractivity contribution in [3.8, 4) is 5.75 Å². The van der Waals surface area contributed by atoms with Crippen LogP contribution in [0.4, 0.5) is 10.5 Å². The van der Waals surface area contributed by atoms with Crippen LogP contribution >= 0.6 is 0 Å². The quantitative estimate of drug-likeness (QED) is 0.888.